The molecule has 3 N–H and O–H groups in total. The summed E-state index contributed by atoms with van der Waals surface area (Å²) in [4.78, 5) is 38.2. The zero-order valence-electron chi connectivity index (χ0n) is 10.5. The van der Waals surface area contributed by atoms with Gasteiger partial charge >= 0.3 is 5.69 Å². The van der Waals surface area contributed by atoms with Gasteiger partial charge in [0.1, 0.15) is 5.69 Å². The number of H-pyrrole nitrogens is 2. The Labute approximate surface area is 118 Å². The summed E-state index contributed by atoms with van der Waals surface area (Å²) in [5.74, 6) is 0.660. The van der Waals surface area contributed by atoms with Gasteiger partial charge in [-0.05, 0) is 5.56 Å². The fraction of sp³-hybridized carbons (Fsp3) is 0.154. The van der Waals surface area contributed by atoms with Gasteiger partial charge in [-0.25, -0.2) is 4.79 Å². The largest absolute Gasteiger partial charge is 0.325 e. The fourth-order valence-corrected chi connectivity index (χ4v) is 2.31. The molecule has 2 rings (SSSR count). The minimum atomic E-state index is -0.616. The van der Waals surface area contributed by atoms with Crippen LogP contribution in [0.2, 0.25) is 0 Å². The molecular weight excluding hydrogens is 278 g/mol. The normalized spacial score (nSPS) is 10.2. The van der Waals surface area contributed by atoms with Crippen LogP contribution in [-0.4, -0.2) is 21.6 Å². The first-order valence-corrected chi connectivity index (χ1v) is 7.04. The van der Waals surface area contributed by atoms with Crippen LogP contribution >= 0.6 is 11.8 Å². The van der Waals surface area contributed by atoms with Crippen LogP contribution in [-0.2, 0) is 10.5 Å². The third-order valence-electron chi connectivity index (χ3n) is 2.44. The van der Waals surface area contributed by atoms with E-state index in [0.29, 0.717) is 0 Å². The van der Waals surface area contributed by atoms with Crippen molar-refractivity contribution in [2.75, 3.05) is 11.1 Å². The Bertz CT molecular complexity index is 694. The highest BCUT2D eigenvalue weighted by molar-refractivity contribution is 7.99. The van der Waals surface area contributed by atoms with E-state index >= 15 is 0 Å². The minimum absolute atomic E-state index is 0.0370. The van der Waals surface area contributed by atoms with E-state index in [1.807, 2.05) is 35.3 Å². The lowest BCUT2D eigenvalue weighted by molar-refractivity contribution is -0.113. The molecule has 0 atom stereocenters. The van der Waals surface area contributed by atoms with Gasteiger partial charge < -0.3 is 10.3 Å². The molecule has 2 aromatic rings. The Morgan fingerprint density at radius 3 is 2.65 bits per heavy atom. The standard InChI is InChI=1S/C13H13N3O3S/c17-11(8-20-7-9-4-2-1-3-5-9)15-10-6-14-13(19)16-12(10)18/h1-6H,7-8H2,(H,15,17)(H2,14,16,18,19). The Balaban J connectivity index is 1.84. The molecule has 6 nitrogen and oxygen atoms in total. The number of hydrogen-bond acceptors (Lipinski definition) is 4. The predicted octanol–water partition coefficient (Wildman–Crippen LogP) is 0.935. The van der Waals surface area contributed by atoms with Crippen LogP contribution < -0.4 is 16.6 Å². The van der Waals surface area contributed by atoms with Gasteiger partial charge in [-0.15, -0.1) is 11.8 Å². The second kappa shape index (κ2) is 6.76. The van der Waals surface area contributed by atoms with Crippen molar-refractivity contribution in [3.63, 3.8) is 0 Å². The van der Waals surface area contributed by atoms with Gasteiger partial charge in [0, 0.05) is 11.9 Å². The van der Waals surface area contributed by atoms with E-state index in [1.165, 1.54) is 18.0 Å². The van der Waals surface area contributed by atoms with E-state index in [9.17, 15) is 14.4 Å². The summed E-state index contributed by atoms with van der Waals surface area (Å²) >= 11 is 1.45. The van der Waals surface area contributed by atoms with Gasteiger partial charge in [-0.1, -0.05) is 30.3 Å². The monoisotopic (exact) mass is 291 g/mol. The Morgan fingerprint density at radius 2 is 1.95 bits per heavy atom. The molecule has 0 aliphatic carbocycles. The molecular formula is C13H13N3O3S. The highest BCUT2D eigenvalue weighted by Gasteiger charge is 2.06. The van der Waals surface area contributed by atoms with Gasteiger partial charge in [0.05, 0.1) is 5.75 Å². The van der Waals surface area contributed by atoms with Gasteiger partial charge in [0.15, 0.2) is 0 Å². The van der Waals surface area contributed by atoms with Crippen LogP contribution in [0.3, 0.4) is 0 Å². The maximum atomic E-state index is 11.7. The molecule has 1 aromatic carbocycles. The number of benzene rings is 1. The number of aromatic nitrogens is 2. The number of rotatable bonds is 5. The fourth-order valence-electron chi connectivity index (χ4n) is 1.52. The maximum Gasteiger partial charge on any atom is 0.325 e. The van der Waals surface area contributed by atoms with Gasteiger partial charge in [0.2, 0.25) is 5.91 Å². The van der Waals surface area contributed by atoms with Crippen molar-refractivity contribution in [3.05, 3.63) is 62.9 Å². The molecule has 0 unspecified atom stereocenters. The number of nitrogens with one attached hydrogen (secondary N) is 3. The molecule has 1 heterocycles. The molecule has 1 aromatic heterocycles. The van der Waals surface area contributed by atoms with Crippen LogP contribution in [0.4, 0.5) is 5.69 Å². The molecule has 0 radical (unpaired) electrons. The molecule has 1 amide bonds. The molecule has 20 heavy (non-hydrogen) atoms. The van der Waals surface area contributed by atoms with Crippen molar-refractivity contribution in [2.45, 2.75) is 5.75 Å². The van der Waals surface area contributed by atoms with Crippen LogP contribution in [0.15, 0.2) is 46.1 Å². The average molecular weight is 291 g/mol. The summed E-state index contributed by atoms with van der Waals surface area (Å²) in [7, 11) is 0. The zero-order valence-corrected chi connectivity index (χ0v) is 11.3. The molecule has 7 heteroatoms. The van der Waals surface area contributed by atoms with E-state index in [4.69, 9.17) is 0 Å². The number of thioether (sulfide) groups is 1. The van der Waals surface area contributed by atoms with E-state index in [1.54, 1.807) is 0 Å². The third-order valence-corrected chi connectivity index (χ3v) is 3.44. The summed E-state index contributed by atoms with van der Waals surface area (Å²) < 4.78 is 0. The number of hydrogen-bond donors (Lipinski definition) is 3. The third kappa shape index (κ3) is 4.13. The predicted molar refractivity (Wildman–Crippen MR) is 78.9 cm³/mol. The zero-order chi connectivity index (χ0) is 14.4. The summed E-state index contributed by atoms with van der Waals surface area (Å²) in [5, 5.41) is 2.45. The van der Waals surface area contributed by atoms with E-state index in [-0.39, 0.29) is 17.3 Å². The smallest absolute Gasteiger partial charge is 0.320 e. The van der Waals surface area contributed by atoms with Crippen molar-refractivity contribution < 1.29 is 4.79 Å². The van der Waals surface area contributed by atoms with Crippen molar-refractivity contribution in [2.24, 2.45) is 0 Å². The first kappa shape index (κ1) is 14.1. The lowest BCUT2D eigenvalue weighted by Gasteiger charge is -2.04. The molecule has 0 bridgehead atoms. The van der Waals surface area contributed by atoms with Gasteiger partial charge in [-0.3, -0.25) is 14.6 Å². The van der Waals surface area contributed by atoms with Crippen molar-refractivity contribution in [1.29, 1.82) is 0 Å². The highest BCUT2D eigenvalue weighted by Crippen LogP contribution is 2.11. The van der Waals surface area contributed by atoms with Crippen LogP contribution in [0.25, 0.3) is 0 Å². The SMILES string of the molecule is O=C(CSCc1ccccc1)Nc1c[nH]c(=O)[nH]c1=O. The summed E-state index contributed by atoms with van der Waals surface area (Å²) in [6.45, 7) is 0. The summed E-state index contributed by atoms with van der Waals surface area (Å²) in [6, 6.07) is 9.78. The topological polar surface area (TPSA) is 94.8 Å². The molecule has 0 aliphatic rings. The summed E-state index contributed by atoms with van der Waals surface area (Å²) in [5.41, 5.74) is -0.0521. The highest BCUT2D eigenvalue weighted by atomic mass is 32.2. The molecule has 0 spiro atoms. The first-order valence-electron chi connectivity index (χ1n) is 5.88. The van der Waals surface area contributed by atoms with E-state index in [0.717, 1.165) is 11.3 Å². The van der Waals surface area contributed by atoms with Crippen molar-refractivity contribution in [1.82, 2.24) is 9.97 Å². The molecule has 0 saturated carbocycles. The maximum absolute atomic E-state index is 11.7. The summed E-state index contributed by atoms with van der Waals surface area (Å²) in [6.07, 6.45) is 1.18. The number of amides is 1. The van der Waals surface area contributed by atoms with Crippen molar-refractivity contribution in [3.8, 4) is 0 Å². The van der Waals surface area contributed by atoms with E-state index in [2.05, 4.69) is 10.3 Å². The lowest BCUT2D eigenvalue weighted by Crippen LogP contribution is -2.27. The minimum Gasteiger partial charge on any atom is -0.320 e. The van der Waals surface area contributed by atoms with Gasteiger partial charge in [0.25, 0.3) is 5.56 Å². The second-order valence-electron chi connectivity index (χ2n) is 4.01. The number of carbonyl (C=O) groups is 1. The molecule has 0 fully saturated rings. The lowest BCUT2D eigenvalue weighted by atomic mass is 10.2. The average Bonchev–Trinajstić information content (AvgIpc) is 2.43. The number of aromatic amines is 2. The molecule has 0 aliphatic heterocycles. The van der Waals surface area contributed by atoms with E-state index < -0.39 is 11.2 Å². The first-order chi connectivity index (χ1) is 9.65. The number of anilines is 1. The molecule has 0 saturated heterocycles. The second-order valence-corrected chi connectivity index (χ2v) is 5.00. The Hall–Kier alpha value is -2.28. The Kier molecular flexibility index (Phi) is 4.78. The Morgan fingerprint density at radius 1 is 1.20 bits per heavy atom. The van der Waals surface area contributed by atoms with Gasteiger partial charge in [-0.2, -0.15) is 0 Å². The molecule has 104 valence electrons. The quantitative estimate of drug-likeness (QED) is 0.764. The van der Waals surface area contributed by atoms with Crippen LogP contribution in [0, 0.1) is 0 Å². The van der Waals surface area contributed by atoms with Crippen LogP contribution in [0.1, 0.15) is 5.56 Å². The number of carbonyl (C=O) groups excluding carboxylic acids is 1. The van der Waals surface area contributed by atoms with Crippen molar-refractivity contribution >= 4 is 23.4 Å². The van der Waals surface area contributed by atoms with Crippen LogP contribution in [0.5, 0.6) is 0 Å².